The molecule has 3 rings (SSSR count). The molecular formula is C17H21N5O3S. The highest BCUT2D eigenvalue weighted by Crippen LogP contribution is 2.31. The summed E-state index contributed by atoms with van der Waals surface area (Å²) in [5.74, 6) is 0.302. The quantitative estimate of drug-likeness (QED) is 0.575. The fourth-order valence-electron chi connectivity index (χ4n) is 2.91. The SMILES string of the molecule is Cc1ccccc1[C@@H]1[C@@H](C(=O)NCCSc2cn[nH]n2)OCC(=O)N1C. The van der Waals surface area contributed by atoms with E-state index in [1.165, 1.54) is 11.8 Å². The number of H-pyrrole nitrogens is 1. The second kappa shape index (κ2) is 8.33. The largest absolute Gasteiger partial charge is 0.356 e. The van der Waals surface area contributed by atoms with Crippen molar-refractivity contribution < 1.29 is 14.3 Å². The van der Waals surface area contributed by atoms with E-state index in [4.69, 9.17) is 4.74 Å². The number of carbonyl (C=O) groups excluding carboxylic acids is 2. The molecule has 138 valence electrons. The van der Waals surface area contributed by atoms with Gasteiger partial charge in [-0.1, -0.05) is 24.3 Å². The Morgan fingerprint density at radius 2 is 2.27 bits per heavy atom. The molecule has 0 aliphatic carbocycles. The van der Waals surface area contributed by atoms with Crippen molar-refractivity contribution in [3.8, 4) is 0 Å². The number of thioether (sulfide) groups is 1. The summed E-state index contributed by atoms with van der Waals surface area (Å²) in [6.45, 7) is 2.34. The van der Waals surface area contributed by atoms with Crippen LogP contribution in [0.2, 0.25) is 0 Å². The van der Waals surface area contributed by atoms with E-state index in [-0.39, 0.29) is 18.4 Å². The fourth-order valence-corrected chi connectivity index (χ4v) is 3.56. The lowest BCUT2D eigenvalue weighted by atomic mass is 9.94. The van der Waals surface area contributed by atoms with Crippen LogP contribution in [0, 0.1) is 6.92 Å². The number of carbonyl (C=O) groups is 2. The molecule has 0 spiro atoms. The Balaban J connectivity index is 1.66. The Morgan fingerprint density at radius 1 is 1.46 bits per heavy atom. The molecule has 1 aliphatic heterocycles. The highest BCUT2D eigenvalue weighted by atomic mass is 32.2. The van der Waals surface area contributed by atoms with E-state index < -0.39 is 12.1 Å². The molecule has 8 nitrogen and oxygen atoms in total. The maximum atomic E-state index is 12.7. The van der Waals surface area contributed by atoms with Crippen LogP contribution in [0.25, 0.3) is 0 Å². The van der Waals surface area contributed by atoms with Gasteiger partial charge in [0.2, 0.25) is 5.91 Å². The summed E-state index contributed by atoms with van der Waals surface area (Å²) < 4.78 is 5.61. The molecule has 2 heterocycles. The predicted octanol–water partition coefficient (Wildman–Crippen LogP) is 0.920. The molecule has 1 aromatic carbocycles. The average molecular weight is 375 g/mol. The van der Waals surface area contributed by atoms with Crippen LogP contribution in [0.15, 0.2) is 35.5 Å². The molecule has 0 unspecified atom stereocenters. The number of aromatic nitrogens is 3. The van der Waals surface area contributed by atoms with Crippen molar-refractivity contribution in [1.29, 1.82) is 0 Å². The first kappa shape index (κ1) is 18.4. The van der Waals surface area contributed by atoms with E-state index in [0.717, 1.165) is 16.2 Å². The number of likely N-dealkylation sites (N-methyl/N-ethyl adjacent to an activating group) is 1. The monoisotopic (exact) mass is 375 g/mol. The first-order valence-electron chi connectivity index (χ1n) is 8.27. The van der Waals surface area contributed by atoms with Crippen molar-refractivity contribution in [3.63, 3.8) is 0 Å². The van der Waals surface area contributed by atoms with E-state index in [1.54, 1.807) is 18.1 Å². The van der Waals surface area contributed by atoms with E-state index in [9.17, 15) is 9.59 Å². The Bertz CT molecular complexity index is 768. The molecule has 1 saturated heterocycles. The second-order valence-electron chi connectivity index (χ2n) is 5.99. The van der Waals surface area contributed by atoms with E-state index in [0.29, 0.717) is 12.3 Å². The predicted molar refractivity (Wildman–Crippen MR) is 96.5 cm³/mol. The molecule has 2 atom stereocenters. The Labute approximate surface area is 155 Å². The van der Waals surface area contributed by atoms with Gasteiger partial charge in [0.1, 0.15) is 11.6 Å². The number of ether oxygens (including phenoxy) is 1. The Hall–Kier alpha value is -2.39. The summed E-state index contributed by atoms with van der Waals surface area (Å²) in [5, 5.41) is 13.9. The number of hydrogen-bond acceptors (Lipinski definition) is 6. The summed E-state index contributed by atoms with van der Waals surface area (Å²) in [5.41, 5.74) is 1.93. The summed E-state index contributed by atoms with van der Waals surface area (Å²) in [6.07, 6.45) is 0.891. The summed E-state index contributed by atoms with van der Waals surface area (Å²) in [4.78, 5) is 26.4. The van der Waals surface area contributed by atoms with Crippen LogP contribution in [0.3, 0.4) is 0 Å². The van der Waals surface area contributed by atoms with Crippen molar-refractivity contribution >= 4 is 23.6 Å². The van der Waals surface area contributed by atoms with Gasteiger partial charge < -0.3 is 15.0 Å². The zero-order valence-corrected chi connectivity index (χ0v) is 15.5. The standard InChI is InChI=1S/C17H21N5O3S/c1-11-5-3-4-6-12(11)15-16(25-10-14(23)22(15)2)17(24)18-7-8-26-13-9-19-21-20-13/h3-6,9,15-16H,7-8,10H2,1-2H3,(H,18,24)(H,19,20,21)/t15-,16+/m1/s1. The molecule has 0 bridgehead atoms. The highest BCUT2D eigenvalue weighted by Gasteiger charge is 2.40. The number of benzene rings is 1. The fraction of sp³-hybridized carbons (Fsp3) is 0.412. The minimum absolute atomic E-state index is 0.0926. The first-order chi connectivity index (χ1) is 12.6. The molecule has 2 N–H and O–H groups in total. The first-order valence-corrected chi connectivity index (χ1v) is 9.25. The molecular weight excluding hydrogens is 354 g/mol. The van der Waals surface area contributed by atoms with Crippen molar-refractivity contribution in [1.82, 2.24) is 25.6 Å². The highest BCUT2D eigenvalue weighted by molar-refractivity contribution is 7.99. The Kier molecular flexibility index (Phi) is 5.89. The van der Waals surface area contributed by atoms with Crippen LogP contribution < -0.4 is 5.32 Å². The topological polar surface area (TPSA) is 100 Å². The number of aryl methyl sites for hydroxylation is 1. The number of aromatic amines is 1. The van der Waals surface area contributed by atoms with Gasteiger partial charge in [0.15, 0.2) is 6.10 Å². The van der Waals surface area contributed by atoms with Gasteiger partial charge in [-0.2, -0.15) is 10.3 Å². The zero-order chi connectivity index (χ0) is 18.5. The van der Waals surface area contributed by atoms with Crippen molar-refractivity contribution in [2.45, 2.75) is 24.1 Å². The third-order valence-electron chi connectivity index (χ3n) is 4.29. The molecule has 1 aliphatic rings. The van der Waals surface area contributed by atoms with Gasteiger partial charge in [-0.25, -0.2) is 0 Å². The third kappa shape index (κ3) is 4.05. The maximum Gasteiger partial charge on any atom is 0.251 e. The van der Waals surface area contributed by atoms with Crippen LogP contribution in [0.1, 0.15) is 17.2 Å². The van der Waals surface area contributed by atoms with Crippen molar-refractivity contribution in [2.24, 2.45) is 0 Å². The van der Waals surface area contributed by atoms with Crippen LogP contribution >= 0.6 is 11.8 Å². The van der Waals surface area contributed by atoms with Crippen molar-refractivity contribution in [3.05, 3.63) is 41.6 Å². The van der Waals surface area contributed by atoms with E-state index >= 15 is 0 Å². The third-order valence-corrected chi connectivity index (χ3v) is 5.19. The Morgan fingerprint density at radius 3 is 3.00 bits per heavy atom. The molecule has 2 amide bonds. The number of nitrogens with zero attached hydrogens (tertiary/aromatic N) is 3. The molecule has 26 heavy (non-hydrogen) atoms. The van der Waals surface area contributed by atoms with Gasteiger partial charge in [0.05, 0.1) is 12.2 Å². The van der Waals surface area contributed by atoms with Gasteiger partial charge in [-0.15, -0.1) is 16.9 Å². The lowest BCUT2D eigenvalue weighted by Crippen LogP contribution is -2.53. The smallest absolute Gasteiger partial charge is 0.251 e. The molecule has 0 radical (unpaired) electrons. The zero-order valence-electron chi connectivity index (χ0n) is 14.6. The summed E-state index contributed by atoms with van der Waals surface area (Å²) >= 11 is 1.49. The van der Waals surface area contributed by atoms with Crippen LogP contribution in [0.5, 0.6) is 0 Å². The normalized spacial score (nSPS) is 20.2. The number of morpholine rings is 1. The van der Waals surface area contributed by atoms with Crippen LogP contribution in [0.4, 0.5) is 0 Å². The van der Waals surface area contributed by atoms with Gasteiger partial charge >= 0.3 is 0 Å². The average Bonchev–Trinajstić information content (AvgIpc) is 3.15. The molecule has 9 heteroatoms. The molecule has 1 aromatic heterocycles. The number of amides is 2. The van der Waals surface area contributed by atoms with E-state index in [1.807, 2.05) is 31.2 Å². The van der Waals surface area contributed by atoms with Crippen molar-refractivity contribution in [2.75, 3.05) is 26.0 Å². The number of hydrogen-bond donors (Lipinski definition) is 2. The minimum Gasteiger partial charge on any atom is -0.356 e. The summed E-state index contributed by atoms with van der Waals surface area (Å²) in [7, 11) is 1.71. The molecule has 2 aromatic rings. The van der Waals surface area contributed by atoms with Gasteiger partial charge in [-0.05, 0) is 18.1 Å². The lowest BCUT2D eigenvalue weighted by Gasteiger charge is -2.38. The lowest BCUT2D eigenvalue weighted by molar-refractivity contribution is -0.162. The molecule has 1 fully saturated rings. The van der Waals surface area contributed by atoms with Gasteiger partial charge in [0, 0.05) is 19.3 Å². The van der Waals surface area contributed by atoms with Crippen LogP contribution in [-0.2, 0) is 14.3 Å². The van der Waals surface area contributed by atoms with Crippen LogP contribution in [-0.4, -0.2) is 64.2 Å². The van der Waals surface area contributed by atoms with E-state index in [2.05, 4.69) is 20.7 Å². The number of nitrogens with one attached hydrogen (secondary N) is 2. The number of rotatable bonds is 6. The van der Waals surface area contributed by atoms with Gasteiger partial charge in [0.25, 0.3) is 5.91 Å². The molecule has 0 saturated carbocycles. The second-order valence-corrected chi connectivity index (χ2v) is 7.10. The minimum atomic E-state index is -0.740. The van der Waals surface area contributed by atoms with Gasteiger partial charge in [-0.3, -0.25) is 9.59 Å². The maximum absolute atomic E-state index is 12.7. The summed E-state index contributed by atoms with van der Waals surface area (Å²) in [6, 6.07) is 7.28.